The molecule has 1 aromatic rings. The van der Waals surface area contributed by atoms with Gasteiger partial charge in [0.2, 0.25) is 0 Å². The van der Waals surface area contributed by atoms with Crippen LogP contribution in [-0.4, -0.2) is 24.5 Å². The van der Waals surface area contributed by atoms with Crippen molar-refractivity contribution in [2.24, 2.45) is 5.73 Å². The van der Waals surface area contributed by atoms with Gasteiger partial charge in [-0.15, -0.1) is 0 Å². The van der Waals surface area contributed by atoms with Crippen molar-refractivity contribution in [3.8, 4) is 0 Å². The number of nitrogens with zero attached hydrogens (tertiary/aromatic N) is 1. The van der Waals surface area contributed by atoms with Gasteiger partial charge < -0.3 is 5.73 Å². The molecule has 2 nitrogen and oxygen atoms in total. The van der Waals surface area contributed by atoms with E-state index < -0.39 is 6.43 Å². The van der Waals surface area contributed by atoms with Crippen LogP contribution >= 0.6 is 0 Å². The Morgan fingerprint density at radius 1 is 1.11 bits per heavy atom. The van der Waals surface area contributed by atoms with Crippen LogP contribution in [0.15, 0.2) is 24.3 Å². The summed E-state index contributed by atoms with van der Waals surface area (Å²) in [5.74, 6) is 0. The number of alkyl halides is 2. The molecular weight excluding hydrogens is 234 g/mol. The predicted molar refractivity (Wildman–Crippen MR) is 70.7 cm³/mol. The fourth-order valence-corrected chi connectivity index (χ4v) is 2.18. The van der Waals surface area contributed by atoms with Gasteiger partial charge in [-0.3, -0.25) is 4.90 Å². The van der Waals surface area contributed by atoms with Gasteiger partial charge in [0.05, 0.1) is 0 Å². The van der Waals surface area contributed by atoms with Crippen molar-refractivity contribution in [3.63, 3.8) is 0 Å². The molecule has 1 rings (SSSR count). The first-order valence-electron chi connectivity index (χ1n) is 6.46. The monoisotopic (exact) mass is 256 g/mol. The van der Waals surface area contributed by atoms with E-state index in [9.17, 15) is 8.78 Å². The molecule has 0 radical (unpaired) electrons. The first-order valence-corrected chi connectivity index (χ1v) is 6.46. The number of likely N-dealkylation sites (N-methyl/N-ethyl adjacent to an activating group) is 1. The minimum Gasteiger partial charge on any atom is -0.329 e. The summed E-state index contributed by atoms with van der Waals surface area (Å²) in [6.07, 6.45) is -1.35. The van der Waals surface area contributed by atoms with Gasteiger partial charge in [-0.2, -0.15) is 0 Å². The highest BCUT2D eigenvalue weighted by molar-refractivity contribution is 5.26. The standard InChI is InChI=1S/C14H22F2N2/c1-3-9-18(4-2)13(10-17)11-5-7-12(8-6-11)14(15)16/h5-8,13-14H,3-4,9-10,17H2,1-2H3. The highest BCUT2D eigenvalue weighted by Crippen LogP contribution is 2.24. The lowest BCUT2D eigenvalue weighted by atomic mass is 10.0. The second-order valence-corrected chi connectivity index (χ2v) is 4.35. The number of hydrogen-bond acceptors (Lipinski definition) is 2. The zero-order valence-electron chi connectivity index (χ0n) is 11.1. The summed E-state index contributed by atoms with van der Waals surface area (Å²) in [4.78, 5) is 2.28. The Balaban J connectivity index is 2.87. The van der Waals surface area contributed by atoms with Crippen molar-refractivity contribution < 1.29 is 8.78 Å². The van der Waals surface area contributed by atoms with E-state index in [0.29, 0.717) is 6.54 Å². The van der Waals surface area contributed by atoms with Crippen LogP contribution in [0, 0.1) is 0 Å². The molecule has 0 saturated carbocycles. The van der Waals surface area contributed by atoms with E-state index in [1.165, 1.54) is 12.1 Å². The molecule has 0 aliphatic carbocycles. The summed E-state index contributed by atoms with van der Waals surface area (Å²) in [5, 5.41) is 0. The first-order chi connectivity index (χ1) is 8.63. The average molecular weight is 256 g/mol. The Kier molecular flexibility index (Phi) is 6.22. The second kappa shape index (κ2) is 7.44. The van der Waals surface area contributed by atoms with Crippen molar-refractivity contribution in [2.45, 2.75) is 32.7 Å². The number of halogens is 2. The van der Waals surface area contributed by atoms with Gasteiger partial charge in [0.1, 0.15) is 0 Å². The molecule has 1 unspecified atom stereocenters. The summed E-state index contributed by atoms with van der Waals surface area (Å²) >= 11 is 0. The zero-order chi connectivity index (χ0) is 13.5. The maximum Gasteiger partial charge on any atom is 0.263 e. The van der Waals surface area contributed by atoms with Crippen LogP contribution in [0.3, 0.4) is 0 Å². The number of hydrogen-bond donors (Lipinski definition) is 1. The predicted octanol–water partition coefficient (Wildman–Crippen LogP) is 3.36. The maximum atomic E-state index is 12.5. The van der Waals surface area contributed by atoms with Crippen LogP contribution < -0.4 is 5.73 Å². The van der Waals surface area contributed by atoms with Crippen molar-refractivity contribution in [3.05, 3.63) is 35.4 Å². The Bertz CT molecular complexity index is 338. The molecule has 18 heavy (non-hydrogen) atoms. The Morgan fingerprint density at radius 2 is 1.67 bits per heavy atom. The van der Waals surface area contributed by atoms with E-state index in [2.05, 4.69) is 18.7 Å². The summed E-state index contributed by atoms with van der Waals surface area (Å²) in [5.41, 5.74) is 6.89. The number of nitrogens with two attached hydrogens (primary N) is 1. The third-order valence-electron chi connectivity index (χ3n) is 3.15. The lowest BCUT2D eigenvalue weighted by molar-refractivity contribution is 0.151. The van der Waals surface area contributed by atoms with Crippen LogP contribution in [0.1, 0.15) is 43.9 Å². The van der Waals surface area contributed by atoms with Gasteiger partial charge in [-0.05, 0) is 25.1 Å². The smallest absolute Gasteiger partial charge is 0.263 e. The minimum atomic E-state index is -2.41. The topological polar surface area (TPSA) is 29.3 Å². The quantitative estimate of drug-likeness (QED) is 0.810. The second-order valence-electron chi connectivity index (χ2n) is 4.35. The van der Waals surface area contributed by atoms with Crippen molar-refractivity contribution >= 4 is 0 Å². The average Bonchev–Trinajstić information content (AvgIpc) is 2.39. The molecule has 0 aromatic heterocycles. The highest BCUT2D eigenvalue weighted by Gasteiger charge is 2.17. The summed E-state index contributed by atoms with van der Waals surface area (Å²) in [6, 6.07) is 6.61. The van der Waals surface area contributed by atoms with E-state index >= 15 is 0 Å². The summed E-state index contributed by atoms with van der Waals surface area (Å²) in [7, 11) is 0. The van der Waals surface area contributed by atoms with E-state index in [-0.39, 0.29) is 11.6 Å². The Labute approximate surface area is 108 Å². The molecule has 1 atom stereocenters. The molecular formula is C14H22F2N2. The van der Waals surface area contributed by atoms with Crippen LogP contribution in [0.25, 0.3) is 0 Å². The van der Waals surface area contributed by atoms with Crippen molar-refractivity contribution in [2.75, 3.05) is 19.6 Å². The first kappa shape index (κ1) is 15.1. The van der Waals surface area contributed by atoms with E-state index in [4.69, 9.17) is 5.73 Å². The minimum absolute atomic E-state index is 0.0630. The number of rotatable bonds is 7. The van der Waals surface area contributed by atoms with E-state index in [1.54, 1.807) is 12.1 Å². The molecule has 0 aliphatic rings. The van der Waals surface area contributed by atoms with Crippen LogP contribution in [-0.2, 0) is 0 Å². The third-order valence-corrected chi connectivity index (χ3v) is 3.15. The molecule has 0 amide bonds. The maximum absolute atomic E-state index is 12.5. The van der Waals surface area contributed by atoms with Gasteiger partial charge in [0, 0.05) is 18.2 Å². The number of benzene rings is 1. The van der Waals surface area contributed by atoms with Crippen molar-refractivity contribution in [1.82, 2.24) is 4.90 Å². The molecule has 0 spiro atoms. The Morgan fingerprint density at radius 3 is 2.06 bits per heavy atom. The van der Waals surface area contributed by atoms with Crippen molar-refractivity contribution in [1.29, 1.82) is 0 Å². The molecule has 102 valence electrons. The van der Waals surface area contributed by atoms with Gasteiger partial charge in [-0.25, -0.2) is 8.78 Å². The fourth-order valence-electron chi connectivity index (χ4n) is 2.18. The lowest BCUT2D eigenvalue weighted by Crippen LogP contribution is -2.34. The Hall–Kier alpha value is -1.00. The van der Waals surface area contributed by atoms with Crippen LogP contribution in [0.2, 0.25) is 0 Å². The largest absolute Gasteiger partial charge is 0.329 e. The normalized spacial score (nSPS) is 13.3. The molecule has 2 N–H and O–H groups in total. The van der Waals surface area contributed by atoms with Crippen LogP contribution in [0.4, 0.5) is 8.78 Å². The fraction of sp³-hybridized carbons (Fsp3) is 0.571. The van der Waals surface area contributed by atoms with E-state index in [1.807, 2.05) is 0 Å². The molecule has 0 heterocycles. The molecule has 0 fully saturated rings. The molecule has 4 heteroatoms. The molecule has 0 bridgehead atoms. The van der Waals surface area contributed by atoms with Crippen LogP contribution in [0.5, 0.6) is 0 Å². The summed E-state index contributed by atoms with van der Waals surface area (Å²) in [6.45, 7) is 6.59. The zero-order valence-corrected chi connectivity index (χ0v) is 11.1. The van der Waals surface area contributed by atoms with Gasteiger partial charge in [0.25, 0.3) is 6.43 Å². The highest BCUT2D eigenvalue weighted by atomic mass is 19.3. The van der Waals surface area contributed by atoms with Gasteiger partial charge >= 0.3 is 0 Å². The van der Waals surface area contributed by atoms with E-state index in [0.717, 1.165) is 25.1 Å². The summed E-state index contributed by atoms with van der Waals surface area (Å²) < 4.78 is 25.0. The molecule has 1 aromatic carbocycles. The van der Waals surface area contributed by atoms with Gasteiger partial charge in [-0.1, -0.05) is 38.1 Å². The SMILES string of the molecule is CCCN(CC)C(CN)c1ccc(C(F)F)cc1. The molecule has 0 aliphatic heterocycles. The molecule has 0 saturated heterocycles. The lowest BCUT2D eigenvalue weighted by Gasteiger charge is -2.30. The third kappa shape index (κ3) is 3.75. The van der Waals surface area contributed by atoms with Gasteiger partial charge in [0.15, 0.2) is 0 Å².